The number of ether oxygens (including phenoxy) is 1. The Hall–Kier alpha value is -2.35. The summed E-state index contributed by atoms with van der Waals surface area (Å²) in [5.41, 5.74) is 6.24. The number of methoxy groups -OCH3 is 1. The molecule has 0 amide bonds. The van der Waals surface area contributed by atoms with Crippen LogP contribution in [-0.2, 0) is 13.0 Å². The smallest absolute Gasteiger partial charge is 0.145 e. The second-order valence-electron chi connectivity index (χ2n) is 8.19. The Labute approximate surface area is 207 Å². The standard InChI is InChI=1S/C26H28BrN3O2S/c1-16(2)17-7-9-18(10-8-17)25-29-23-22(27)20(14-19-6-5-11-28-26(19)33-4)15-21(32-3)24(23)30(25)12-13-31/h5-11,15-16,31H,12-14H2,1-4H3. The zero-order chi connectivity index (χ0) is 23.5. The molecule has 4 rings (SSSR count). The Bertz CT molecular complexity index is 1270. The molecule has 2 heterocycles. The lowest BCUT2D eigenvalue weighted by Crippen LogP contribution is -2.05. The molecule has 0 aliphatic rings. The van der Waals surface area contributed by atoms with Gasteiger partial charge in [0.2, 0.25) is 0 Å². The van der Waals surface area contributed by atoms with Gasteiger partial charge in [0.05, 0.1) is 18.7 Å². The fourth-order valence-corrected chi connectivity index (χ4v) is 5.18. The molecule has 0 spiro atoms. The van der Waals surface area contributed by atoms with Crippen LogP contribution in [0, 0.1) is 0 Å². The molecule has 1 N–H and O–H groups in total. The number of hydrogen-bond donors (Lipinski definition) is 1. The van der Waals surface area contributed by atoms with Gasteiger partial charge in [0.15, 0.2) is 0 Å². The molecule has 172 valence electrons. The van der Waals surface area contributed by atoms with Gasteiger partial charge in [-0.25, -0.2) is 9.97 Å². The van der Waals surface area contributed by atoms with E-state index in [-0.39, 0.29) is 6.61 Å². The highest BCUT2D eigenvalue weighted by molar-refractivity contribution is 9.10. The molecular formula is C26H28BrN3O2S. The number of thioether (sulfide) groups is 1. The van der Waals surface area contributed by atoms with Crippen molar-refractivity contribution in [3.8, 4) is 17.1 Å². The Morgan fingerprint density at radius 1 is 1.15 bits per heavy atom. The largest absolute Gasteiger partial charge is 0.494 e. The SMILES string of the molecule is COc1cc(Cc2cccnc2SC)c(Br)c2nc(-c3ccc(C(C)C)cc3)n(CCO)c12. The monoisotopic (exact) mass is 525 g/mol. The number of rotatable bonds is 8. The average molecular weight is 527 g/mol. The van der Waals surface area contributed by atoms with Gasteiger partial charge in [-0.3, -0.25) is 0 Å². The van der Waals surface area contributed by atoms with Gasteiger partial charge < -0.3 is 14.4 Å². The van der Waals surface area contributed by atoms with Gasteiger partial charge in [0.25, 0.3) is 0 Å². The van der Waals surface area contributed by atoms with E-state index in [1.165, 1.54) is 5.56 Å². The summed E-state index contributed by atoms with van der Waals surface area (Å²) in [6, 6.07) is 14.6. The zero-order valence-corrected chi connectivity index (χ0v) is 21.7. The summed E-state index contributed by atoms with van der Waals surface area (Å²) >= 11 is 5.47. The minimum Gasteiger partial charge on any atom is -0.494 e. The summed E-state index contributed by atoms with van der Waals surface area (Å²) < 4.78 is 8.80. The van der Waals surface area contributed by atoms with Crippen LogP contribution in [0.2, 0.25) is 0 Å². The van der Waals surface area contributed by atoms with E-state index >= 15 is 0 Å². The van der Waals surface area contributed by atoms with E-state index in [2.05, 4.69) is 71.2 Å². The molecule has 5 nitrogen and oxygen atoms in total. The first kappa shape index (κ1) is 23.8. The fourth-order valence-electron chi connectivity index (χ4n) is 4.08. The van der Waals surface area contributed by atoms with Crippen LogP contribution < -0.4 is 4.74 Å². The van der Waals surface area contributed by atoms with Gasteiger partial charge in [-0.05, 0) is 56.9 Å². The number of aliphatic hydroxyl groups excluding tert-OH is 1. The van der Waals surface area contributed by atoms with Crippen molar-refractivity contribution in [2.75, 3.05) is 20.0 Å². The van der Waals surface area contributed by atoms with E-state index in [1.807, 2.05) is 23.1 Å². The van der Waals surface area contributed by atoms with Crippen LogP contribution in [-0.4, -0.2) is 39.6 Å². The van der Waals surface area contributed by atoms with Crippen molar-refractivity contribution >= 4 is 38.7 Å². The summed E-state index contributed by atoms with van der Waals surface area (Å²) in [4.78, 5) is 9.53. The maximum atomic E-state index is 9.82. The van der Waals surface area contributed by atoms with Gasteiger partial charge in [-0.15, -0.1) is 11.8 Å². The first-order valence-corrected chi connectivity index (χ1v) is 12.9. The van der Waals surface area contributed by atoms with Crippen LogP contribution in [0.4, 0.5) is 0 Å². The first-order chi connectivity index (χ1) is 16.0. The van der Waals surface area contributed by atoms with Gasteiger partial charge in [-0.1, -0.05) is 44.2 Å². The number of nitrogens with zero attached hydrogens (tertiary/aromatic N) is 3. The molecule has 0 atom stereocenters. The second-order valence-corrected chi connectivity index (χ2v) is 9.77. The highest BCUT2D eigenvalue weighted by atomic mass is 79.9. The number of fused-ring (bicyclic) bond motifs is 1. The summed E-state index contributed by atoms with van der Waals surface area (Å²) in [6.07, 6.45) is 4.57. The number of imidazole rings is 1. The molecule has 2 aromatic carbocycles. The number of aliphatic hydroxyl groups is 1. The van der Waals surface area contributed by atoms with E-state index in [0.717, 1.165) is 48.8 Å². The quantitative estimate of drug-likeness (QED) is 0.273. The lowest BCUT2D eigenvalue weighted by Gasteiger charge is -2.14. The highest BCUT2D eigenvalue weighted by Gasteiger charge is 2.21. The number of pyridine rings is 1. The Balaban J connectivity index is 1.89. The lowest BCUT2D eigenvalue weighted by atomic mass is 10.0. The van der Waals surface area contributed by atoms with Crippen LogP contribution in [0.3, 0.4) is 0 Å². The van der Waals surface area contributed by atoms with Crippen molar-refractivity contribution < 1.29 is 9.84 Å². The summed E-state index contributed by atoms with van der Waals surface area (Å²) in [5.74, 6) is 2.02. The van der Waals surface area contributed by atoms with Gasteiger partial charge in [0, 0.05) is 29.2 Å². The molecule has 2 aromatic heterocycles. The minimum atomic E-state index is 0.0117. The highest BCUT2D eigenvalue weighted by Crippen LogP contribution is 2.39. The Morgan fingerprint density at radius 2 is 1.91 bits per heavy atom. The Morgan fingerprint density at radius 3 is 2.55 bits per heavy atom. The second kappa shape index (κ2) is 10.3. The number of aromatic nitrogens is 3. The van der Waals surface area contributed by atoms with Crippen molar-refractivity contribution in [2.24, 2.45) is 0 Å². The van der Waals surface area contributed by atoms with Crippen molar-refractivity contribution in [3.05, 3.63) is 69.8 Å². The molecule has 0 aliphatic heterocycles. The molecule has 0 bridgehead atoms. The molecule has 33 heavy (non-hydrogen) atoms. The predicted octanol–water partition coefficient (Wildman–Crippen LogP) is 6.30. The van der Waals surface area contributed by atoms with Crippen LogP contribution >= 0.6 is 27.7 Å². The molecule has 0 unspecified atom stereocenters. The maximum absolute atomic E-state index is 9.82. The summed E-state index contributed by atoms with van der Waals surface area (Å²) in [6.45, 7) is 4.81. The topological polar surface area (TPSA) is 60.2 Å². The third kappa shape index (κ3) is 4.67. The van der Waals surface area contributed by atoms with E-state index in [0.29, 0.717) is 18.9 Å². The van der Waals surface area contributed by atoms with Gasteiger partial charge in [-0.2, -0.15) is 0 Å². The van der Waals surface area contributed by atoms with E-state index < -0.39 is 0 Å². The third-order valence-electron chi connectivity index (χ3n) is 5.80. The lowest BCUT2D eigenvalue weighted by molar-refractivity contribution is 0.278. The van der Waals surface area contributed by atoms with Crippen LogP contribution in [0.1, 0.15) is 36.5 Å². The van der Waals surface area contributed by atoms with Crippen LogP contribution in [0.25, 0.3) is 22.4 Å². The molecule has 7 heteroatoms. The molecule has 0 saturated carbocycles. The van der Waals surface area contributed by atoms with Crippen molar-refractivity contribution in [1.29, 1.82) is 0 Å². The molecule has 0 radical (unpaired) electrons. The van der Waals surface area contributed by atoms with Crippen LogP contribution in [0.15, 0.2) is 58.2 Å². The van der Waals surface area contributed by atoms with Crippen molar-refractivity contribution in [2.45, 2.75) is 37.8 Å². The molecule has 0 fully saturated rings. The normalized spacial score (nSPS) is 11.5. The zero-order valence-electron chi connectivity index (χ0n) is 19.3. The van der Waals surface area contributed by atoms with E-state index in [9.17, 15) is 5.11 Å². The fraction of sp³-hybridized carbons (Fsp3) is 0.308. The van der Waals surface area contributed by atoms with E-state index in [1.54, 1.807) is 18.9 Å². The van der Waals surface area contributed by atoms with E-state index in [4.69, 9.17) is 9.72 Å². The molecular weight excluding hydrogens is 498 g/mol. The molecule has 4 aromatic rings. The van der Waals surface area contributed by atoms with Crippen molar-refractivity contribution in [1.82, 2.24) is 14.5 Å². The number of hydrogen-bond acceptors (Lipinski definition) is 5. The molecule has 0 saturated heterocycles. The predicted molar refractivity (Wildman–Crippen MR) is 139 cm³/mol. The Kier molecular flexibility index (Phi) is 7.41. The number of halogens is 1. The first-order valence-electron chi connectivity index (χ1n) is 10.9. The maximum Gasteiger partial charge on any atom is 0.145 e. The average Bonchev–Trinajstić information content (AvgIpc) is 3.21. The van der Waals surface area contributed by atoms with Gasteiger partial charge in [0.1, 0.15) is 22.6 Å². The van der Waals surface area contributed by atoms with Gasteiger partial charge >= 0.3 is 0 Å². The summed E-state index contributed by atoms with van der Waals surface area (Å²) in [5, 5.41) is 10.8. The molecule has 0 aliphatic carbocycles. The van der Waals surface area contributed by atoms with Crippen LogP contribution in [0.5, 0.6) is 5.75 Å². The number of benzene rings is 2. The third-order valence-corrected chi connectivity index (χ3v) is 7.44. The minimum absolute atomic E-state index is 0.0117. The van der Waals surface area contributed by atoms with Crippen molar-refractivity contribution in [3.63, 3.8) is 0 Å². The summed E-state index contributed by atoms with van der Waals surface area (Å²) in [7, 11) is 1.68.